The fourth-order valence-electron chi connectivity index (χ4n) is 0.411. The van der Waals surface area contributed by atoms with Gasteiger partial charge in [0.25, 0.3) is 0 Å². The van der Waals surface area contributed by atoms with Gasteiger partial charge in [-0.3, -0.25) is 0 Å². The molecule has 0 aromatic rings. The van der Waals surface area contributed by atoms with Crippen LogP contribution in [-0.2, 0) is 0 Å². The third-order valence-electron chi connectivity index (χ3n) is 0.832. The minimum atomic E-state index is 1.18. The van der Waals surface area contributed by atoms with Crippen LogP contribution in [-0.4, -0.2) is 16.3 Å². The van der Waals surface area contributed by atoms with Crippen molar-refractivity contribution in [3.8, 4) is 0 Å². The minimum absolute atomic E-state index is 1.18. The molecule has 4 heteroatoms. The molecule has 0 aromatic carbocycles. The van der Waals surface area contributed by atoms with E-state index in [4.69, 9.17) is 0 Å². The molecule has 1 unspecified atom stereocenters. The Kier molecular flexibility index (Phi) is 10.6. The molecule has 0 bridgehead atoms. The molecular formula is C4H10BBrIP. The van der Waals surface area contributed by atoms with Gasteiger partial charge in [0.15, 0.2) is 0 Å². The Morgan fingerprint density at radius 1 is 1.50 bits per heavy atom. The third kappa shape index (κ3) is 7.70. The standard InChI is InChI=1S/C4H10BBrIP/c6-3-1-2-4-8-5-7/h5,8H,1-4H2. The zero-order valence-electron chi connectivity index (χ0n) is 4.79. The highest BCUT2D eigenvalue weighted by atomic mass is 127. The van der Waals surface area contributed by atoms with Gasteiger partial charge in [0.2, 0.25) is 4.86 Å². The van der Waals surface area contributed by atoms with E-state index in [0.717, 1.165) is 0 Å². The van der Waals surface area contributed by atoms with Crippen LogP contribution < -0.4 is 0 Å². The van der Waals surface area contributed by atoms with Crippen LogP contribution in [0.1, 0.15) is 12.8 Å². The van der Waals surface area contributed by atoms with Crippen molar-refractivity contribution in [1.82, 2.24) is 0 Å². The van der Waals surface area contributed by atoms with E-state index < -0.39 is 0 Å². The van der Waals surface area contributed by atoms with E-state index in [9.17, 15) is 0 Å². The predicted octanol–water partition coefficient (Wildman–Crippen LogP) is 2.54. The fraction of sp³-hybridized carbons (Fsp3) is 1.00. The Bertz CT molecular complexity index is 41.0. The Morgan fingerprint density at radius 2 is 2.25 bits per heavy atom. The molecule has 0 nitrogen and oxygen atoms in total. The fourth-order valence-corrected chi connectivity index (χ4v) is 2.59. The number of hydrogen-bond acceptors (Lipinski definition) is 0. The van der Waals surface area contributed by atoms with Gasteiger partial charge in [-0.2, -0.15) is 0 Å². The van der Waals surface area contributed by atoms with Gasteiger partial charge in [0.1, 0.15) is 0 Å². The first-order valence-electron chi connectivity index (χ1n) is 2.74. The van der Waals surface area contributed by atoms with E-state index >= 15 is 0 Å². The molecule has 8 heavy (non-hydrogen) atoms. The van der Waals surface area contributed by atoms with E-state index in [0.29, 0.717) is 0 Å². The summed E-state index contributed by atoms with van der Waals surface area (Å²) in [6.07, 6.45) is 4.20. The van der Waals surface area contributed by atoms with Gasteiger partial charge in [0.05, 0.1) is 0 Å². The van der Waals surface area contributed by atoms with Gasteiger partial charge >= 0.3 is 0 Å². The lowest BCUT2D eigenvalue weighted by Gasteiger charge is -1.92. The maximum Gasteiger partial charge on any atom is 0.225 e. The van der Waals surface area contributed by atoms with Gasteiger partial charge < -0.3 is 0 Å². The van der Waals surface area contributed by atoms with Crippen LogP contribution in [0.4, 0.5) is 0 Å². The van der Waals surface area contributed by atoms with Gasteiger partial charge in [0, 0.05) is 5.33 Å². The normalized spacial score (nSPS) is 10.8. The number of rotatable bonds is 5. The van der Waals surface area contributed by atoms with E-state index in [2.05, 4.69) is 38.3 Å². The monoisotopic (exact) mass is 306 g/mol. The average Bonchev–Trinajstić information content (AvgIpc) is 1.81. The largest absolute Gasteiger partial charge is 0.225 e. The number of halogens is 2. The summed E-state index contributed by atoms with van der Waals surface area (Å²) in [5.41, 5.74) is 0. The summed E-state index contributed by atoms with van der Waals surface area (Å²) in [5, 5.41) is 1.18. The lowest BCUT2D eigenvalue weighted by Crippen LogP contribution is -1.78. The SMILES string of the molecule is BrCCCCPBI. The van der Waals surface area contributed by atoms with Gasteiger partial charge in [-0.25, -0.2) is 0 Å². The van der Waals surface area contributed by atoms with E-state index in [-0.39, 0.29) is 0 Å². The Hall–Kier alpha value is 1.70. The van der Waals surface area contributed by atoms with Crippen molar-refractivity contribution < 1.29 is 0 Å². The number of unbranched alkanes of at least 4 members (excludes halogenated alkanes) is 1. The molecule has 0 saturated heterocycles. The highest BCUT2D eigenvalue weighted by Gasteiger charge is 1.85. The maximum atomic E-state index is 3.40. The molecule has 0 N–H and O–H groups in total. The lowest BCUT2D eigenvalue weighted by molar-refractivity contribution is 0.913. The van der Waals surface area contributed by atoms with E-state index in [1.54, 1.807) is 0 Å². The molecule has 0 saturated carbocycles. The predicted molar refractivity (Wildman–Crippen MR) is 57.4 cm³/mol. The van der Waals surface area contributed by atoms with E-state index in [1.165, 1.54) is 37.6 Å². The van der Waals surface area contributed by atoms with Crippen LogP contribution in [0.15, 0.2) is 0 Å². The molecule has 0 amide bonds. The van der Waals surface area contributed by atoms with Crippen LogP contribution in [0.25, 0.3) is 0 Å². The van der Waals surface area contributed by atoms with Crippen molar-refractivity contribution in [2.45, 2.75) is 12.8 Å². The Labute approximate surface area is 75.6 Å². The summed E-state index contributed by atoms with van der Waals surface area (Å²) in [6.45, 7) is 0. The Morgan fingerprint density at radius 3 is 2.75 bits per heavy atom. The zero-order valence-corrected chi connectivity index (χ0v) is 9.53. The highest BCUT2D eigenvalue weighted by Crippen LogP contribution is 2.12. The van der Waals surface area contributed by atoms with Gasteiger partial charge in [-0.05, 0) is 19.0 Å². The Balaban J connectivity index is 2.53. The molecule has 0 aliphatic heterocycles. The van der Waals surface area contributed by atoms with Crippen molar-refractivity contribution >= 4 is 51.6 Å². The lowest BCUT2D eigenvalue weighted by atomic mass is 10.4. The molecule has 0 spiro atoms. The first-order chi connectivity index (χ1) is 3.91. The molecule has 0 fully saturated rings. The van der Waals surface area contributed by atoms with Crippen LogP contribution in [0.5, 0.6) is 0 Å². The molecule has 1 atom stereocenters. The second kappa shape index (κ2) is 8.70. The van der Waals surface area contributed by atoms with Crippen molar-refractivity contribution in [3.05, 3.63) is 0 Å². The van der Waals surface area contributed by atoms with Crippen molar-refractivity contribution in [1.29, 1.82) is 0 Å². The summed E-state index contributed by atoms with van der Waals surface area (Å²) in [5.74, 6) is 0. The number of hydrogen-bond donors (Lipinski definition) is 0. The van der Waals surface area contributed by atoms with Crippen molar-refractivity contribution in [2.24, 2.45) is 0 Å². The summed E-state index contributed by atoms with van der Waals surface area (Å²) in [4.78, 5) is 1.35. The summed E-state index contributed by atoms with van der Waals surface area (Å²) in [7, 11) is 1.19. The smallest absolute Gasteiger partial charge is 0.148 e. The number of alkyl halides is 1. The van der Waals surface area contributed by atoms with Crippen molar-refractivity contribution in [2.75, 3.05) is 11.5 Å². The first-order valence-corrected chi connectivity index (χ1v) is 6.80. The highest BCUT2D eigenvalue weighted by molar-refractivity contribution is 14.1. The minimum Gasteiger partial charge on any atom is -0.148 e. The molecule has 0 rings (SSSR count). The molecular weight excluding hydrogens is 297 g/mol. The second-order valence-electron chi connectivity index (χ2n) is 1.53. The molecule has 48 valence electrons. The average molecular weight is 307 g/mol. The van der Waals surface area contributed by atoms with Gasteiger partial charge in [-0.1, -0.05) is 15.9 Å². The maximum absolute atomic E-state index is 3.40. The molecule has 0 aromatic heterocycles. The summed E-state index contributed by atoms with van der Waals surface area (Å²) >= 11 is 5.84. The second-order valence-corrected chi connectivity index (χ2v) is 5.88. The third-order valence-corrected chi connectivity index (χ3v) is 3.91. The molecule has 0 aliphatic rings. The van der Waals surface area contributed by atoms with Gasteiger partial charge in [-0.15, -0.1) is 30.8 Å². The van der Waals surface area contributed by atoms with E-state index in [1.807, 2.05) is 0 Å². The van der Waals surface area contributed by atoms with Crippen LogP contribution in [0, 0.1) is 0 Å². The van der Waals surface area contributed by atoms with Crippen molar-refractivity contribution in [3.63, 3.8) is 0 Å². The summed E-state index contributed by atoms with van der Waals surface area (Å²) in [6, 6.07) is 0. The molecule has 0 radical (unpaired) electrons. The summed E-state index contributed by atoms with van der Waals surface area (Å²) < 4.78 is 0. The zero-order chi connectivity index (χ0) is 6.24. The molecule has 0 heterocycles. The first kappa shape index (κ1) is 9.70. The van der Waals surface area contributed by atoms with Crippen LogP contribution in [0.3, 0.4) is 0 Å². The quantitative estimate of drug-likeness (QED) is 0.241. The molecule has 0 aliphatic carbocycles. The van der Waals surface area contributed by atoms with Crippen LogP contribution in [0.2, 0.25) is 0 Å². The van der Waals surface area contributed by atoms with Crippen LogP contribution >= 0.6 is 46.8 Å². The topological polar surface area (TPSA) is 0 Å².